The van der Waals surface area contributed by atoms with Crippen LogP contribution < -0.4 is 5.73 Å². The number of piperidine rings is 1. The first-order valence-electron chi connectivity index (χ1n) is 13.1. The maximum absolute atomic E-state index is 13.8. The molecule has 4 aromatic rings. The van der Waals surface area contributed by atoms with Crippen molar-refractivity contribution in [3.8, 4) is 11.3 Å². The highest BCUT2D eigenvalue weighted by molar-refractivity contribution is 6.03. The van der Waals surface area contributed by atoms with E-state index < -0.39 is 6.04 Å². The predicted octanol–water partition coefficient (Wildman–Crippen LogP) is 4.11. The van der Waals surface area contributed by atoms with Crippen LogP contribution in [0.4, 0.5) is 0 Å². The molecular formula is C31H30N4O3. The number of carbonyl (C=O) groups is 3. The number of hydrogen-bond acceptors (Lipinski definition) is 3. The minimum absolute atomic E-state index is 0.0309. The van der Waals surface area contributed by atoms with Crippen LogP contribution in [-0.2, 0) is 16.6 Å². The number of amides is 3. The van der Waals surface area contributed by atoms with Gasteiger partial charge in [0.15, 0.2) is 0 Å². The number of likely N-dealkylation sites (tertiary alicyclic amines) is 1. The molecule has 2 aliphatic rings. The monoisotopic (exact) mass is 506 g/mol. The van der Waals surface area contributed by atoms with Crippen molar-refractivity contribution in [1.82, 2.24) is 14.4 Å². The minimum atomic E-state index is -0.410. The fourth-order valence-electron chi connectivity index (χ4n) is 6.15. The van der Waals surface area contributed by atoms with Gasteiger partial charge in [0.1, 0.15) is 6.54 Å². The van der Waals surface area contributed by atoms with Gasteiger partial charge in [0, 0.05) is 48.1 Å². The van der Waals surface area contributed by atoms with Crippen LogP contribution in [0.1, 0.15) is 40.4 Å². The lowest BCUT2D eigenvalue weighted by atomic mass is 9.93. The van der Waals surface area contributed by atoms with Gasteiger partial charge in [-0.15, -0.1) is 0 Å². The molecule has 0 bridgehead atoms. The second-order valence-electron chi connectivity index (χ2n) is 10.2. The molecule has 0 aliphatic carbocycles. The van der Waals surface area contributed by atoms with Crippen LogP contribution in [0.2, 0.25) is 0 Å². The highest BCUT2D eigenvalue weighted by atomic mass is 16.2. The highest BCUT2D eigenvalue weighted by Gasteiger charge is 2.42. The van der Waals surface area contributed by atoms with Gasteiger partial charge in [-0.1, -0.05) is 66.7 Å². The highest BCUT2D eigenvalue weighted by Crippen LogP contribution is 2.46. The summed E-state index contributed by atoms with van der Waals surface area (Å²) in [5.74, 6) is -0.765. The van der Waals surface area contributed by atoms with Crippen LogP contribution >= 0.6 is 0 Å². The van der Waals surface area contributed by atoms with E-state index in [2.05, 4.69) is 35.9 Å². The maximum Gasteiger partial charge on any atom is 0.255 e. The molecule has 7 nitrogen and oxygen atoms in total. The lowest BCUT2D eigenvalue weighted by molar-refractivity contribution is -0.135. The van der Waals surface area contributed by atoms with E-state index in [9.17, 15) is 14.4 Å². The van der Waals surface area contributed by atoms with Crippen molar-refractivity contribution in [2.45, 2.75) is 18.9 Å². The Morgan fingerprint density at radius 3 is 2.29 bits per heavy atom. The molecular weight excluding hydrogens is 476 g/mol. The molecule has 192 valence electrons. The first-order chi connectivity index (χ1) is 18.5. The Bertz CT molecular complexity index is 1550. The summed E-state index contributed by atoms with van der Waals surface area (Å²) < 4.78 is 2.18. The second-order valence-corrected chi connectivity index (χ2v) is 10.2. The van der Waals surface area contributed by atoms with Crippen molar-refractivity contribution < 1.29 is 14.4 Å². The van der Waals surface area contributed by atoms with E-state index in [1.165, 1.54) is 0 Å². The molecule has 2 aliphatic heterocycles. The first kappa shape index (κ1) is 24.0. The van der Waals surface area contributed by atoms with Crippen LogP contribution in [0.25, 0.3) is 22.2 Å². The molecule has 1 aromatic heterocycles. The summed E-state index contributed by atoms with van der Waals surface area (Å²) in [7, 11) is 2.05. The number of primary amides is 1. The van der Waals surface area contributed by atoms with Crippen molar-refractivity contribution >= 4 is 28.6 Å². The Labute approximate surface area is 221 Å². The van der Waals surface area contributed by atoms with Crippen LogP contribution in [-0.4, -0.2) is 51.7 Å². The Morgan fingerprint density at radius 1 is 0.895 bits per heavy atom. The first-order valence-corrected chi connectivity index (χ1v) is 13.1. The Hall–Kier alpha value is -4.39. The zero-order chi connectivity index (χ0) is 26.4. The zero-order valence-electron chi connectivity index (χ0n) is 21.3. The van der Waals surface area contributed by atoms with Gasteiger partial charge in [-0.25, -0.2) is 0 Å². The Morgan fingerprint density at radius 2 is 1.55 bits per heavy atom. The molecule has 0 spiro atoms. The van der Waals surface area contributed by atoms with Crippen LogP contribution in [0, 0.1) is 5.92 Å². The number of aromatic nitrogens is 1. The van der Waals surface area contributed by atoms with E-state index >= 15 is 0 Å². The van der Waals surface area contributed by atoms with Crippen LogP contribution in [0.5, 0.6) is 0 Å². The van der Waals surface area contributed by atoms with E-state index in [-0.39, 0.29) is 30.2 Å². The molecule has 6 rings (SSSR count). The summed E-state index contributed by atoms with van der Waals surface area (Å²) in [6.07, 6.45) is 1.11. The fourth-order valence-corrected chi connectivity index (χ4v) is 6.15. The quantitative estimate of drug-likeness (QED) is 0.442. The van der Waals surface area contributed by atoms with Gasteiger partial charge >= 0.3 is 0 Å². The van der Waals surface area contributed by atoms with Gasteiger partial charge < -0.3 is 20.1 Å². The molecule has 3 aromatic carbocycles. The van der Waals surface area contributed by atoms with Crippen LogP contribution in [0.3, 0.4) is 0 Å². The summed E-state index contributed by atoms with van der Waals surface area (Å²) in [6, 6.07) is 25.7. The molecule has 3 amide bonds. The second kappa shape index (κ2) is 9.49. The molecule has 1 fully saturated rings. The van der Waals surface area contributed by atoms with Crippen molar-refractivity contribution in [2.75, 3.05) is 19.6 Å². The van der Waals surface area contributed by atoms with Gasteiger partial charge in [0.05, 0.1) is 11.7 Å². The summed E-state index contributed by atoms with van der Waals surface area (Å²) in [4.78, 5) is 42.4. The van der Waals surface area contributed by atoms with E-state index in [1.807, 2.05) is 54.6 Å². The van der Waals surface area contributed by atoms with E-state index in [1.54, 1.807) is 9.80 Å². The van der Waals surface area contributed by atoms with Crippen molar-refractivity contribution in [3.63, 3.8) is 0 Å². The van der Waals surface area contributed by atoms with Crippen molar-refractivity contribution in [3.05, 3.63) is 95.6 Å². The summed E-state index contributed by atoms with van der Waals surface area (Å²) in [5, 5.41) is 1.06. The van der Waals surface area contributed by atoms with Gasteiger partial charge in [-0.3, -0.25) is 14.4 Å². The van der Waals surface area contributed by atoms with E-state index in [0.717, 1.165) is 33.3 Å². The average molecular weight is 507 g/mol. The largest absolute Gasteiger partial charge is 0.369 e. The molecule has 38 heavy (non-hydrogen) atoms. The molecule has 3 heterocycles. The average Bonchev–Trinajstić information content (AvgIpc) is 3.39. The lowest BCUT2D eigenvalue weighted by Crippen LogP contribution is -2.46. The SMILES string of the molecule is Cn1c(-c2ccccc2)c(C2c3ccccc3C(=O)N2CC(=O)N2CCC(C(N)=O)CC2)c2ccccc21. The Kier molecular flexibility index (Phi) is 5.98. The molecule has 1 saturated heterocycles. The number of aryl methyl sites for hydroxylation is 1. The van der Waals surface area contributed by atoms with Crippen molar-refractivity contribution in [2.24, 2.45) is 18.7 Å². The Balaban J connectivity index is 1.45. The standard InChI is InChI=1S/C31H30N4O3/c1-33-25-14-8-7-13-24(25)27(28(33)20-9-3-2-4-10-20)29-22-11-5-6-12-23(22)31(38)35(29)19-26(36)34-17-15-21(16-18-34)30(32)37/h2-14,21,29H,15-19H2,1H3,(H2,32,37). The van der Waals surface area contributed by atoms with Crippen molar-refractivity contribution in [1.29, 1.82) is 0 Å². The number of nitrogens with zero attached hydrogens (tertiary/aromatic N) is 3. The molecule has 0 radical (unpaired) electrons. The van der Waals surface area contributed by atoms with Crippen LogP contribution in [0.15, 0.2) is 78.9 Å². The van der Waals surface area contributed by atoms with Gasteiger partial charge in [-0.05, 0) is 36.1 Å². The third-order valence-electron chi connectivity index (χ3n) is 8.08. The van der Waals surface area contributed by atoms with E-state index in [4.69, 9.17) is 5.73 Å². The summed E-state index contributed by atoms with van der Waals surface area (Å²) in [5.41, 5.74) is 11.2. The maximum atomic E-state index is 13.8. The number of rotatable bonds is 5. The number of nitrogens with two attached hydrogens (primary N) is 1. The fraction of sp³-hybridized carbons (Fsp3) is 0.258. The topological polar surface area (TPSA) is 88.6 Å². The number of fused-ring (bicyclic) bond motifs is 2. The van der Waals surface area contributed by atoms with E-state index in [0.29, 0.717) is 31.5 Å². The third-order valence-corrected chi connectivity index (χ3v) is 8.08. The smallest absolute Gasteiger partial charge is 0.255 e. The molecule has 0 saturated carbocycles. The zero-order valence-corrected chi connectivity index (χ0v) is 21.3. The number of hydrogen-bond donors (Lipinski definition) is 1. The molecule has 1 atom stereocenters. The predicted molar refractivity (Wildman–Crippen MR) is 146 cm³/mol. The minimum Gasteiger partial charge on any atom is -0.369 e. The number of carbonyl (C=O) groups excluding carboxylic acids is 3. The molecule has 1 unspecified atom stereocenters. The van der Waals surface area contributed by atoms with Gasteiger partial charge in [-0.2, -0.15) is 0 Å². The number of para-hydroxylation sites is 1. The molecule has 7 heteroatoms. The van der Waals surface area contributed by atoms with Gasteiger partial charge in [0.2, 0.25) is 11.8 Å². The third kappa shape index (κ3) is 3.86. The lowest BCUT2D eigenvalue weighted by Gasteiger charge is -2.33. The summed E-state index contributed by atoms with van der Waals surface area (Å²) >= 11 is 0. The summed E-state index contributed by atoms with van der Waals surface area (Å²) in [6.45, 7) is 0.905. The number of benzene rings is 3. The van der Waals surface area contributed by atoms with Gasteiger partial charge in [0.25, 0.3) is 5.91 Å². The molecule has 2 N–H and O–H groups in total. The normalized spacial score (nSPS) is 17.7.